The zero-order chi connectivity index (χ0) is 30.0. The zero-order valence-corrected chi connectivity index (χ0v) is 25.1. The quantitative estimate of drug-likeness (QED) is 0.0716. The molecule has 0 spiro atoms. The SMILES string of the molecule is CN(C)c1ccc(N=Nc2ccc(OCCCCCCCCC(=O)Oc3ccc(N(CCN)CCN)cc3)cc2)cc1. The molecule has 0 saturated heterocycles. The fourth-order valence-electron chi connectivity index (χ4n) is 4.40. The molecule has 0 aromatic heterocycles. The van der Waals surface area contributed by atoms with Gasteiger partial charge in [0.25, 0.3) is 0 Å². The standard InChI is InChI=1S/C33H46N6O3/c1-38(2)29-14-10-27(11-15-29)36-37-28-12-18-31(19-13-28)41-26-8-6-4-3-5-7-9-33(40)42-32-20-16-30(17-21-32)39(24-22-34)25-23-35/h10-21H,3-9,22-26,34-35H2,1-2H3. The minimum absolute atomic E-state index is 0.192. The van der Waals surface area contributed by atoms with Crippen LogP contribution in [0.15, 0.2) is 83.0 Å². The number of benzene rings is 3. The van der Waals surface area contributed by atoms with Crippen molar-refractivity contribution in [1.82, 2.24) is 0 Å². The van der Waals surface area contributed by atoms with Gasteiger partial charge >= 0.3 is 5.97 Å². The summed E-state index contributed by atoms with van der Waals surface area (Å²) in [6, 6.07) is 23.1. The first-order chi connectivity index (χ1) is 20.5. The average Bonchev–Trinajstić information content (AvgIpc) is 3.00. The van der Waals surface area contributed by atoms with Crippen molar-refractivity contribution in [1.29, 1.82) is 0 Å². The highest BCUT2D eigenvalue weighted by Gasteiger charge is 2.08. The Kier molecular flexibility index (Phi) is 14.3. The van der Waals surface area contributed by atoms with Gasteiger partial charge in [-0.25, -0.2) is 0 Å². The van der Waals surface area contributed by atoms with E-state index in [4.69, 9.17) is 20.9 Å². The predicted molar refractivity (Wildman–Crippen MR) is 172 cm³/mol. The third-order valence-electron chi connectivity index (χ3n) is 6.76. The van der Waals surface area contributed by atoms with Gasteiger partial charge in [0.1, 0.15) is 11.5 Å². The van der Waals surface area contributed by atoms with Gasteiger partial charge in [-0.05, 0) is 85.6 Å². The minimum Gasteiger partial charge on any atom is -0.494 e. The Labute approximate surface area is 250 Å². The molecule has 4 N–H and O–H groups in total. The predicted octanol–water partition coefficient (Wildman–Crippen LogP) is 6.61. The van der Waals surface area contributed by atoms with Crippen LogP contribution in [0.3, 0.4) is 0 Å². The van der Waals surface area contributed by atoms with Crippen molar-refractivity contribution in [3.05, 3.63) is 72.8 Å². The Morgan fingerprint density at radius 2 is 1.17 bits per heavy atom. The fourth-order valence-corrected chi connectivity index (χ4v) is 4.40. The van der Waals surface area contributed by atoms with E-state index in [0.29, 0.717) is 31.9 Å². The van der Waals surface area contributed by atoms with E-state index in [1.165, 1.54) is 0 Å². The molecule has 0 fully saturated rings. The van der Waals surface area contributed by atoms with Crippen LogP contribution in [0.2, 0.25) is 0 Å². The van der Waals surface area contributed by atoms with Crippen LogP contribution in [-0.2, 0) is 4.79 Å². The lowest BCUT2D eigenvalue weighted by atomic mass is 10.1. The summed E-state index contributed by atoms with van der Waals surface area (Å²) in [5, 5.41) is 8.61. The Hall–Kier alpha value is -3.95. The number of anilines is 2. The first-order valence-electron chi connectivity index (χ1n) is 14.9. The molecule has 0 bridgehead atoms. The lowest BCUT2D eigenvalue weighted by Crippen LogP contribution is -2.33. The monoisotopic (exact) mass is 574 g/mol. The number of nitrogens with two attached hydrogens (primary N) is 2. The summed E-state index contributed by atoms with van der Waals surface area (Å²) >= 11 is 0. The summed E-state index contributed by atoms with van der Waals surface area (Å²) < 4.78 is 11.4. The summed E-state index contributed by atoms with van der Waals surface area (Å²) in [7, 11) is 4.02. The summed E-state index contributed by atoms with van der Waals surface area (Å²) in [6.45, 7) is 3.27. The van der Waals surface area contributed by atoms with Gasteiger partial charge in [0.15, 0.2) is 0 Å². The molecule has 0 amide bonds. The van der Waals surface area contributed by atoms with Crippen LogP contribution in [-0.4, -0.2) is 52.9 Å². The number of hydrogen-bond acceptors (Lipinski definition) is 9. The van der Waals surface area contributed by atoms with Crippen molar-refractivity contribution in [2.45, 2.75) is 44.9 Å². The van der Waals surface area contributed by atoms with Crippen LogP contribution in [0.1, 0.15) is 44.9 Å². The maximum absolute atomic E-state index is 12.2. The maximum Gasteiger partial charge on any atom is 0.311 e. The van der Waals surface area contributed by atoms with Gasteiger partial charge in [-0.1, -0.05) is 25.7 Å². The highest BCUT2D eigenvalue weighted by Crippen LogP contribution is 2.24. The Morgan fingerprint density at radius 1 is 0.667 bits per heavy atom. The molecular formula is C33H46N6O3. The Bertz CT molecular complexity index is 1190. The molecule has 0 aliphatic carbocycles. The molecule has 3 aromatic carbocycles. The van der Waals surface area contributed by atoms with E-state index in [-0.39, 0.29) is 5.97 Å². The molecule has 3 aromatic rings. The second kappa shape index (κ2) is 18.5. The molecule has 0 aliphatic heterocycles. The summed E-state index contributed by atoms with van der Waals surface area (Å²) in [6.07, 6.45) is 6.58. The van der Waals surface area contributed by atoms with E-state index in [1.807, 2.05) is 91.8 Å². The summed E-state index contributed by atoms with van der Waals surface area (Å²) in [5.74, 6) is 1.21. The minimum atomic E-state index is -0.192. The van der Waals surface area contributed by atoms with Crippen molar-refractivity contribution in [3.63, 3.8) is 0 Å². The first-order valence-corrected chi connectivity index (χ1v) is 14.9. The smallest absolute Gasteiger partial charge is 0.311 e. The highest BCUT2D eigenvalue weighted by atomic mass is 16.5. The van der Waals surface area contributed by atoms with Crippen LogP contribution in [0.4, 0.5) is 22.7 Å². The van der Waals surface area contributed by atoms with Gasteiger partial charge in [0.05, 0.1) is 18.0 Å². The van der Waals surface area contributed by atoms with Crippen LogP contribution in [0, 0.1) is 0 Å². The lowest BCUT2D eigenvalue weighted by Gasteiger charge is -2.23. The molecule has 9 nitrogen and oxygen atoms in total. The van der Waals surface area contributed by atoms with Gasteiger partial charge in [0, 0.05) is 58.1 Å². The number of rotatable bonds is 19. The van der Waals surface area contributed by atoms with Crippen LogP contribution in [0.5, 0.6) is 11.5 Å². The van der Waals surface area contributed by atoms with Gasteiger partial charge in [0.2, 0.25) is 0 Å². The molecule has 0 aliphatic rings. The number of hydrogen-bond donors (Lipinski definition) is 2. The topological polar surface area (TPSA) is 119 Å². The van der Waals surface area contributed by atoms with E-state index in [1.54, 1.807) is 0 Å². The molecule has 0 heterocycles. The molecular weight excluding hydrogens is 528 g/mol. The van der Waals surface area contributed by atoms with E-state index < -0.39 is 0 Å². The van der Waals surface area contributed by atoms with E-state index >= 15 is 0 Å². The number of azo groups is 1. The molecule has 226 valence electrons. The molecule has 3 rings (SSSR count). The second-order valence-electron chi connectivity index (χ2n) is 10.4. The molecule has 0 radical (unpaired) electrons. The fraction of sp³-hybridized carbons (Fsp3) is 0.424. The van der Waals surface area contributed by atoms with Crippen LogP contribution >= 0.6 is 0 Å². The zero-order valence-electron chi connectivity index (χ0n) is 25.1. The number of nitrogens with zero attached hydrogens (tertiary/aromatic N) is 4. The normalized spacial score (nSPS) is 11.0. The average molecular weight is 575 g/mol. The first kappa shape index (κ1) is 32.6. The molecule has 0 unspecified atom stereocenters. The maximum atomic E-state index is 12.2. The molecule has 0 atom stereocenters. The second-order valence-corrected chi connectivity index (χ2v) is 10.4. The number of carbonyl (C=O) groups excluding carboxylic acids is 1. The Balaban J connectivity index is 1.22. The van der Waals surface area contributed by atoms with Crippen molar-refractivity contribution in [2.24, 2.45) is 21.7 Å². The molecule has 42 heavy (non-hydrogen) atoms. The van der Waals surface area contributed by atoms with Crippen LogP contribution < -0.4 is 30.7 Å². The third-order valence-corrected chi connectivity index (χ3v) is 6.76. The van der Waals surface area contributed by atoms with Gasteiger partial charge in [-0.3, -0.25) is 4.79 Å². The number of esters is 1. The summed E-state index contributed by atoms with van der Waals surface area (Å²) in [5.41, 5.74) is 15.1. The number of carbonyl (C=O) groups is 1. The van der Waals surface area contributed by atoms with E-state index in [9.17, 15) is 4.79 Å². The molecule has 0 saturated carbocycles. The van der Waals surface area contributed by atoms with Crippen LogP contribution in [0.25, 0.3) is 0 Å². The number of ether oxygens (including phenoxy) is 2. The van der Waals surface area contributed by atoms with Crippen molar-refractivity contribution >= 4 is 28.7 Å². The molecule has 9 heteroatoms. The van der Waals surface area contributed by atoms with E-state index in [2.05, 4.69) is 15.1 Å². The Morgan fingerprint density at radius 3 is 1.74 bits per heavy atom. The summed E-state index contributed by atoms with van der Waals surface area (Å²) in [4.78, 5) is 16.4. The van der Waals surface area contributed by atoms with Crippen molar-refractivity contribution < 1.29 is 14.3 Å². The third kappa shape index (κ3) is 11.9. The lowest BCUT2D eigenvalue weighted by molar-refractivity contribution is -0.134. The highest BCUT2D eigenvalue weighted by molar-refractivity contribution is 5.72. The van der Waals surface area contributed by atoms with Crippen molar-refractivity contribution in [2.75, 3.05) is 56.7 Å². The number of unbranched alkanes of at least 4 members (excludes halogenated alkanes) is 5. The van der Waals surface area contributed by atoms with Gasteiger partial charge < -0.3 is 30.7 Å². The van der Waals surface area contributed by atoms with E-state index in [0.717, 1.165) is 80.1 Å². The van der Waals surface area contributed by atoms with Gasteiger partial charge in [-0.15, -0.1) is 0 Å². The van der Waals surface area contributed by atoms with Gasteiger partial charge in [-0.2, -0.15) is 10.2 Å². The van der Waals surface area contributed by atoms with Crippen molar-refractivity contribution in [3.8, 4) is 11.5 Å². The largest absolute Gasteiger partial charge is 0.494 e.